The monoisotopic (exact) mass is 286 g/mol. The third-order valence-electron chi connectivity index (χ3n) is 2.73. The lowest BCUT2D eigenvalue weighted by atomic mass is 10.1. The Kier molecular flexibility index (Phi) is 3.81. The number of piperidine rings is 1. The van der Waals surface area contributed by atoms with Gasteiger partial charge < -0.3 is 4.90 Å². The van der Waals surface area contributed by atoms with Crippen molar-refractivity contribution >= 4 is 33.1 Å². The van der Waals surface area contributed by atoms with Crippen molar-refractivity contribution in [3.8, 4) is 0 Å². The van der Waals surface area contributed by atoms with Crippen LogP contribution in [0, 0.1) is 5.41 Å². The maximum atomic E-state index is 7.84. The molecular formula is C11H15BrN2S. The van der Waals surface area contributed by atoms with Crippen LogP contribution in [-0.4, -0.2) is 23.8 Å². The van der Waals surface area contributed by atoms with Crippen molar-refractivity contribution in [1.82, 2.24) is 4.90 Å². The Balaban J connectivity index is 1.84. The van der Waals surface area contributed by atoms with E-state index in [-0.39, 0.29) is 0 Å². The highest BCUT2D eigenvalue weighted by Gasteiger charge is 2.14. The molecule has 1 aromatic rings. The zero-order valence-corrected chi connectivity index (χ0v) is 11.0. The van der Waals surface area contributed by atoms with Gasteiger partial charge in [-0.15, -0.1) is 11.3 Å². The Bertz CT molecular complexity index is 348. The number of amidine groups is 1. The lowest BCUT2D eigenvalue weighted by Crippen LogP contribution is -2.36. The zero-order valence-electron chi connectivity index (χ0n) is 8.63. The highest BCUT2D eigenvalue weighted by Crippen LogP contribution is 2.23. The molecule has 0 spiro atoms. The minimum absolute atomic E-state index is 0.830. The number of halogens is 1. The van der Waals surface area contributed by atoms with E-state index in [1.807, 2.05) is 0 Å². The summed E-state index contributed by atoms with van der Waals surface area (Å²) in [7, 11) is 0. The van der Waals surface area contributed by atoms with Crippen LogP contribution in [0.5, 0.6) is 0 Å². The predicted octanol–water partition coefficient (Wildman–Crippen LogP) is 3.52. The molecule has 1 saturated heterocycles. The number of rotatable bonds is 3. The summed E-state index contributed by atoms with van der Waals surface area (Å²) >= 11 is 5.27. The number of nitrogens with one attached hydrogen (secondary N) is 1. The SMILES string of the molecule is N=C1CCCCN1CCc1ccc(Br)s1. The lowest BCUT2D eigenvalue weighted by Gasteiger charge is -2.29. The van der Waals surface area contributed by atoms with E-state index in [9.17, 15) is 0 Å². The number of hydrogen-bond donors (Lipinski definition) is 1. The molecule has 1 fully saturated rings. The van der Waals surface area contributed by atoms with Crippen molar-refractivity contribution in [3.05, 3.63) is 20.8 Å². The fourth-order valence-electron chi connectivity index (χ4n) is 1.87. The van der Waals surface area contributed by atoms with Crippen LogP contribution in [0.2, 0.25) is 0 Å². The van der Waals surface area contributed by atoms with Crippen molar-refractivity contribution < 1.29 is 0 Å². The summed E-state index contributed by atoms with van der Waals surface area (Å²) in [5.41, 5.74) is 0. The molecule has 1 aliphatic heterocycles. The molecule has 0 aromatic carbocycles. The van der Waals surface area contributed by atoms with E-state index in [0.29, 0.717) is 0 Å². The van der Waals surface area contributed by atoms with Crippen molar-refractivity contribution in [2.75, 3.05) is 13.1 Å². The normalized spacial score (nSPS) is 17.1. The van der Waals surface area contributed by atoms with Crippen LogP contribution in [0.15, 0.2) is 15.9 Å². The molecule has 2 rings (SSSR count). The van der Waals surface area contributed by atoms with Gasteiger partial charge in [0.2, 0.25) is 0 Å². The van der Waals surface area contributed by atoms with Crippen LogP contribution in [0.3, 0.4) is 0 Å². The minimum atomic E-state index is 0.830. The second-order valence-corrected chi connectivity index (χ2v) is 6.39. The molecule has 0 aliphatic carbocycles. The van der Waals surface area contributed by atoms with Gasteiger partial charge in [-0.2, -0.15) is 0 Å². The van der Waals surface area contributed by atoms with Gasteiger partial charge in [0.25, 0.3) is 0 Å². The molecule has 1 N–H and O–H groups in total. The highest BCUT2D eigenvalue weighted by atomic mass is 79.9. The minimum Gasteiger partial charge on any atom is -0.360 e. The van der Waals surface area contributed by atoms with E-state index < -0.39 is 0 Å². The van der Waals surface area contributed by atoms with Gasteiger partial charge in [0, 0.05) is 24.4 Å². The first-order valence-corrected chi connectivity index (χ1v) is 6.93. The zero-order chi connectivity index (χ0) is 10.7. The Morgan fingerprint density at radius 1 is 1.40 bits per heavy atom. The molecule has 2 nitrogen and oxygen atoms in total. The lowest BCUT2D eigenvalue weighted by molar-refractivity contribution is 0.371. The summed E-state index contributed by atoms with van der Waals surface area (Å²) < 4.78 is 1.20. The first kappa shape index (κ1) is 11.1. The fraction of sp³-hybridized carbons (Fsp3) is 0.545. The molecule has 15 heavy (non-hydrogen) atoms. The van der Waals surface area contributed by atoms with Gasteiger partial charge in [0.15, 0.2) is 0 Å². The van der Waals surface area contributed by atoms with Crippen LogP contribution in [-0.2, 0) is 6.42 Å². The fourth-order valence-corrected chi connectivity index (χ4v) is 3.34. The molecule has 0 amide bonds. The number of nitrogens with zero attached hydrogens (tertiary/aromatic N) is 1. The quantitative estimate of drug-likeness (QED) is 0.905. The standard InChI is InChI=1S/C11H15BrN2S/c12-10-5-4-9(15-10)6-8-14-7-2-1-3-11(14)13/h4-5,13H,1-3,6-8H2. The average molecular weight is 287 g/mol. The molecule has 0 unspecified atom stereocenters. The second kappa shape index (κ2) is 5.12. The van der Waals surface area contributed by atoms with Gasteiger partial charge in [-0.05, 0) is 47.3 Å². The summed E-state index contributed by atoms with van der Waals surface area (Å²) in [6.45, 7) is 2.08. The average Bonchev–Trinajstić information content (AvgIpc) is 2.63. The summed E-state index contributed by atoms with van der Waals surface area (Å²) in [5, 5.41) is 7.84. The molecule has 0 bridgehead atoms. The Morgan fingerprint density at radius 3 is 2.93 bits per heavy atom. The van der Waals surface area contributed by atoms with Gasteiger partial charge in [0.1, 0.15) is 0 Å². The van der Waals surface area contributed by atoms with Crippen molar-refractivity contribution in [2.45, 2.75) is 25.7 Å². The summed E-state index contributed by atoms with van der Waals surface area (Å²) in [6.07, 6.45) is 4.48. The molecule has 0 atom stereocenters. The summed E-state index contributed by atoms with van der Waals surface area (Å²) in [5.74, 6) is 0.830. The first-order valence-electron chi connectivity index (χ1n) is 5.32. The third-order valence-corrected chi connectivity index (χ3v) is 4.41. The van der Waals surface area contributed by atoms with E-state index in [0.717, 1.165) is 31.8 Å². The van der Waals surface area contributed by atoms with Gasteiger partial charge in [-0.25, -0.2) is 0 Å². The number of hydrogen-bond acceptors (Lipinski definition) is 2. The van der Waals surface area contributed by atoms with E-state index in [1.54, 1.807) is 11.3 Å². The largest absolute Gasteiger partial charge is 0.360 e. The topological polar surface area (TPSA) is 27.1 Å². The molecule has 1 aromatic heterocycles. The molecule has 0 saturated carbocycles. The van der Waals surface area contributed by atoms with E-state index in [4.69, 9.17) is 5.41 Å². The smallest absolute Gasteiger partial charge is 0.0957 e. The predicted molar refractivity (Wildman–Crippen MR) is 68.9 cm³/mol. The highest BCUT2D eigenvalue weighted by molar-refractivity contribution is 9.11. The Labute approximate surface area is 103 Å². The molecule has 2 heterocycles. The van der Waals surface area contributed by atoms with Gasteiger partial charge in [0.05, 0.1) is 9.62 Å². The van der Waals surface area contributed by atoms with Crippen LogP contribution in [0.25, 0.3) is 0 Å². The Hall–Kier alpha value is -0.350. The molecule has 1 aliphatic rings. The first-order chi connectivity index (χ1) is 7.25. The maximum Gasteiger partial charge on any atom is 0.0957 e. The second-order valence-electron chi connectivity index (χ2n) is 3.85. The number of likely N-dealkylation sites (tertiary alicyclic amines) is 1. The molecule has 82 valence electrons. The molecule has 4 heteroatoms. The van der Waals surface area contributed by atoms with Crippen molar-refractivity contribution in [1.29, 1.82) is 5.41 Å². The maximum absolute atomic E-state index is 7.84. The van der Waals surface area contributed by atoms with Gasteiger partial charge in [-0.3, -0.25) is 5.41 Å². The van der Waals surface area contributed by atoms with Crippen molar-refractivity contribution in [3.63, 3.8) is 0 Å². The molecular weight excluding hydrogens is 272 g/mol. The third kappa shape index (κ3) is 3.05. The number of thiophene rings is 1. The van der Waals surface area contributed by atoms with Crippen LogP contribution >= 0.6 is 27.3 Å². The van der Waals surface area contributed by atoms with Gasteiger partial charge >= 0.3 is 0 Å². The summed E-state index contributed by atoms with van der Waals surface area (Å²) in [4.78, 5) is 3.62. The summed E-state index contributed by atoms with van der Waals surface area (Å²) in [6, 6.07) is 4.27. The van der Waals surface area contributed by atoms with E-state index >= 15 is 0 Å². The molecule has 0 radical (unpaired) electrons. The van der Waals surface area contributed by atoms with Crippen molar-refractivity contribution in [2.24, 2.45) is 0 Å². The van der Waals surface area contributed by atoms with Crippen LogP contribution in [0.4, 0.5) is 0 Å². The van der Waals surface area contributed by atoms with Gasteiger partial charge in [-0.1, -0.05) is 0 Å². The van der Waals surface area contributed by atoms with E-state index in [1.165, 1.54) is 21.5 Å². The van der Waals surface area contributed by atoms with Crippen LogP contribution < -0.4 is 0 Å². The van der Waals surface area contributed by atoms with Crippen LogP contribution in [0.1, 0.15) is 24.1 Å². The van der Waals surface area contributed by atoms with E-state index in [2.05, 4.69) is 33.0 Å². The Morgan fingerprint density at radius 2 is 2.27 bits per heavy atom.